The molecule has 10 N–H and O–H groups in total. The summed E-state index contributed by atoms with van der Waals surface area (Å²) < 4.78 is 50.2. The monoisotopic (exact) mass is 502 g/mol. The first-order chi connectivity index (χ1) is 13.1. The molecule has 30 heavy (non-hydrogen) atoms. The standard InChI is InChI=1S/C8H14N3O15P3.H3N/c12-4-1-9-11(8(15)10-4)7-6(14)5(13)3(24-7)2-23-28(19,20)26-29(21,22)25-27(16,17)18;/h1,3,5-7,13-14H,2H2,(H,19,20)(H,21,22)(H,10,12,15)(H2,16,17,18);1H3/t3-,5-,6-,7-;/m1./s1. The van der Waals surface area contributed by atoms with Crippen LogP contribution in [0.4, 0.5) is 0 Å². The molecule has 1 saturated heterocycles. The number of aliphatic hydroxyl groups excluding tert-OH is 2. The van der Waals surface area contributed by atoms with E-state index in [1.165, 1.54) is 0 Å². The second-order valence-electron chi connectivity index (χ2n) is 5.32. The highest BCUT2D eigenvalue weighted by Gasteiger charge is 2.47. The minimum absolute atomic E-state index is 0. The van der Waals surface area contributed by atoms with E-state index in [1.54, 1.807) is 0 Å². The van der Waals surface area contributed by atoms with Crippen molar-refractivity contribution in [2.24, 2.45) is 0 Å². The number of H-pyrrole nitrogens is 1. The van der Waals surface area contributed by atoms with Gasteiger partial charge in [0.2, 0.25) is 0 Å². The lowest BCUT2D eigenvalue weighted by atomic mass is 10.1. The summed E-state index contributed by atoms with van der Waals surface area (Å²) in [6, 6.07) is 0. The molecule has 1 aliphatic rings. The van der Waals surface area contributed by atoms with E-state index >= 15 is 0 Å². The van der Waals surface area contributed by atoms with Gasteiger partial charge in [0.15, 0.2) is 6.23 Å². The molecule has 1 aromatic rings. The highest BCUT2D eigenvalue weighted by Crippen LogP contribution is 2.66. The van der Waals surface area contributed by atoms with Crippen molar-refractivity contribution in [3.8, 4) is 0 Å². The van der Waals surface area contributed by atoms with Gasteiger partial charge in [0.25, 0.3) is 5.56 Å². The number of nitrogens with one attached hydrogen (secondary N) is 1. The molecule has 1 fully saturated rings. The van der Waals surface area contributed by atoms with Gasteiger partial charge in [-0.1, -0.05) is 0 Å². The smallest absolute Gasteiger partial charge is 0.387 e. The van der Waals surface area contributed by atoms with Gasteiger partial charge in [-0.15, -0.1) is 0 Å². The van der Waals surface area contributed by atoms with E-state index in [-0.39, 0.29) is 6.15 Å². The molecule has 0 aromatic carbocycles. The minimum Gasteiger partial charge on any atom is -0.387 e. The lowest BCUT2D eigenvalue weighted by Gasteiger charge is -2.19. The molecule has 0 radical (unpaired) electrons. The fourth-order valence-electron chi connectivity index (χ4n) is 2.08. The van der Waals surface area contributed by atoms with Crippen LogP contribution < -0.4 is 17.4 Å². The van der Waals surface area contributed by atoms with Crippen LogP contribution in [0.25, 0.3) is 0 Å². The number of hydrogen-bond donors (Lipinski definition) is 8. The zero-order chi connectivity index (χ0) is 22.2. The topological polar surface area (TPSA) is 312 Å². The number of aliphatic hydroxyl groups is 2. The zero-order valence-electron chi connectivity index (χ0n) is 14.4. The Kier molecular flexibility index (Phi) is 8.57. The molecule has 2 unspecified atom stereocenters. The second-order valence-corrected chi connectivity index (χ2v) is 9.74. The van der Waals surface area contributed by atoms with E-state index in [4.69, 9.17) is 19.4 Å². The Labute approximate surface area is 164 Å². The van der Waals surface area contributed by atoms with Crippen molar-refractivity contribution < 1.29 is 61.4 Å². The van der Waals surface area contributed by atoms with Crippen molar-refractivity contribution in [2.75, 3.05) is 6.61 Å². The van der Waals surface area contributed by atoms with Gasteiger partial charge >= 0.3 is 29.2 Å². The Balaban J connectivity index is 0.00000450. The molecule has 0 amide bonds. The predicted molar refractivity (Wildman–Crippen MR) is 89.9 cm³/mol. The van der Waals surface area contributed by atoms with Gasteiger partial charge in [-0.25, -0.2) is 18.5 Å². The molecular weight excluding hydrogens is 485 g/mol. The summed E-state index contributed by atoms with van der Waals surface area (Å²) in [5.41, 5.74) is -1.97. The van der Waals surface area contributed by atoms with Crippen molar-refractivity contribution in [1.82, 2.24) is 20.9 Å². The SMILES string of the molecule is N.O=c1cnn([C@@H]2O[C@H](COP(=O)(O)OP(=O)(O)OP(=O)(O)O)[C@@H](O)[C@H]2O)c(=O)[nH]1. The third-order valence-electron chi connectivity index (χ3n) is 3.13. The maximum Gasteiger partial charge on any atom is 0.490 e. The van der Waals surface area contributed by atoms with E-state index in [2.05, 4.69) is 18.2 Å². The third-order valence-corrected chi connectivity index (χ3v) is 6.94. The summed E-state index contributed by atoms with van der Waals surface area (Å²) in [7, 11) is -16.8. The first-order valence-corrected chi connectivity index (χ1v) is 11.6. The number of ether oxygens (including phenoxy) is 1. The van der Waals surface area contributed by atoms with E-state index in [9.17, 15) is 38.4 Å². The van der Waals surface area contributed by atoms with Crippen LogP contribution >= 0.6 is 23.5 Å². The molecule has 19 nitrogen and oxygen atoms in total. The summed E-state index contributed by atoms with van der Waals surface area (Å²) in [5, 5.41) is 23.3. The maximum absolute atomic E-state index is 11.7. The minimum atomic E-state index is -5.74. The number of phosphoric acid groups is 3. The van der Waals surface area contributed by atoms with E-state index in [0.717, 1.165) is 0 Å². The van der Waals surface area contributed by atoms with Crippen molar-refractivity contribution in [3.63, 3.8) is 0 Å². The lowest BCUT2D eigenvalue weighted by molar-refractivity contribution is -0.0610. The number of rotatable bonds is 8. The Morgan fingerprint density at radius 3 is 2.20 bits per heavy atom. The second kappa shape index (κ2) is 9.56. The zero-order valence-corrected chi connectivity index (χ0v) is 17.1. The molecule has 0 spiro atoms. The molecule has 22 heteroatoms. The lowest BCUT2D eigenvalue weighted by Crippen LogP contribution is -2.39. The van der Waals surface area contributed by atoms with Gasteiger partial charge in [0.1, 0.15) is 24.5 Å². The summed E-state index contributed by atoms with van der Waals surface area (Å²) in [5.74, 6) is 0. The highest BCUT2D eigenvalue weighted by atomic mass is 31.3. The third kappa shape index (κ3) is 7.23. The quantitative estimate of drug-likeness (QED) is 0.165. The van der Waals surface area contributed by atoms with E-state index in [0.29, 0.717) is 10.9 Å². The van der Waals surface area contributed by atoms with Crippen LogP contribution in [0.3, 0.4) is 0 Å². The first kappa shape index (κ1) is 26.9. The van der Waals surface area contributed by atoms with Crippen LogP contribution in [0.1, 0.15) is 6.23 Å². The summed E-state index contributed by atoms with van der Waals surface area (Å²) in [6.45, 7) is -1.07. The summed E-state index contributed by atoms with van der Waals surface area (Å²) >= 11 is 0. The largest absolute Gasteiger partial charge is 0.490 e. The Hall–Kier alpha value is -1.14. The predicted octanol–water partition coefficient (Wildman–Crippen LogP) is -2.94. The van der Waals surface area contributed by atoms with Crippen LogP contribution in [0.15, 0.2) is 15.8 Å². The molecule has 174 valence electrons. The molecule has 0 bridgehead atoms. The fraction of sp³-hybridized carbons (Fsp3) is 0.625. The Morgan fingerprint density at radius 2 is 1.67 bits per heavy atom. The van der Waals surface area contributed by atoms with Gasteiger partial charge in [0.05, 0.1) is 6.61 Å². The van der Waals surface area contributed by atoms with Gasteiger partial charge < -0.3 is 40.7 Å². The fourth-order valence-corrected chi connectivity index (χ4v) is 5.11. The normalized spacial score (nSPS) is 28.3. The van der Waals surface area contributed by atoms with Crippen molar-refractivity contribution in [2.45, 2.75) is 24.5 Å². The molecular formula is C8H17N4O15P3. The Morgan fingerprint density at radius 1 is 1.07 bits per heavy atom. The van der Waals surface area contributed by atoms with Crippen LogP contribution in [-0.2, 0) is 31.6 Å². The highest BCUT2D eigenvalue weighted by molar-refractivity contribution is 7.66. The first-order valence-electron chi connectivity index (χ1n) is 7.08. The average molecular weight is 502 g/mol. The number of aromatic amines is 1. The Bertz CT molecular complexity index is 1000. The maximum atomic E-state index is 11.7. The van der Waals surface area contributed by atoms with Crippen LogP contribution in [0, 0.1) is 0 Å². The van der Waals surface area contributed by atoms with E-state index < -0.39 is 65.9 Å². The number of hydrogen-bond acceptors (Lipinski definition) is 13. The number of phosphoric ester groups is 1. The molecule has 1 aromatic heterocycles. The molecule has 6 atom stereocenters. The van der Waals surface area contributed by atoms with Gasteiger partial charge in [0, 0.05) is 0 Å². The molecule has 2 heterocycles. The molecule has 1 aliphatic heterocycles. The van der Waals surface area contributed by atoms with Gasteiger partial charge in [-0.05, 0) is 0 Å². The number of aromatic nitrogens is 3. The van der Waals surface area contributed by atoms with Crippen molar-refractivity contribution >= 4 is 23.5 Å². The molecule has 0 saturated carbocycles. The van der Waals surface area contributed by atoms with Gasteiger partial charge in [-0.3, -0.25) is 14.3 Å². The summed E-state index contributed by atoms with van der Waals surface area (Å²) in [4.78, 5) is 59.7. The average Bonchev–Trinajstić information content (AvgIpc) is 2.78. The van der Waals surface area contributed by atoms with Crippen LogP contribution in [0.2, 0.25) is 0 Å². The number of nitrogens with zero attached hydrogens (tertiary/aromatic N) is 2. The van der Waals surface area contributed by atoms with E-state index in [1.807, 2.05) is 4.98 Å². The van der Waals surface area contributed by atoms with Crippen LogP contribution in [0.5, 0.6) is 0 Å². The molecule has 2 rings (SSSR count). The van der Waals surface area contributed by atoms with Crippen molar-refractivity contribution in [3.05, 3.63) is 27.0 Å². The molecule has 0 aliphatic carbocycles. The van der Waals surface area contributed by atoms with Crippen molar-refractivity contribution in [1.29, 1.82) is 0 Å². The van der Waals surface area contributed by atoms with Gasteiger partial charge in [-0.2, -0.15) is 18.4 Å². The van der Waals surface area contributed by atoms with Crippen LogP contribution in [-0.4, -0.2) is 69.5 Å². The summed E-state index contributed by atoms with van der Waals surface area (Å²) in [6.07, 6.45) is -6.23.